The Balaban J connectivity index is 2.42. The maximum Gasteiger partial charge on any atom is 0.0976 e. The van der Waals surface area contributed by atoms with E-state index >= 15 is 0 Å². The number of nitrogens with zero attached hydrogens (tertiary/aromatic N) is 2. The van der Waals surface area contributed by atoms with Crippen LogP contribution in [0, 0.1) is 0 Å². The van der Waals surface area contributed by atoms with Gasteiger partial charge in [0.15, 0.2) is 0 Å². The van der Waals surface area contributed by atoms with Crippen LogP contribution in [0.5, 0.6) is 0 Å². The minimum Gasteiger partial charge on any atom is -0.328 e. The van der Waals surface area contributed by atoms with Gasteiger partial charge in [0.25, 0.3) is 0 Å². The highest BCUT2D eigenvalue weighted by Crippen LogP contribution is 2.24. The molecule has 0 spiro atoms. The zero-order chi connectivity index (χ0) is 14.6. The van der Waals surface area contributed by atoms with Crippen LogP contribution in [0.15, 0.2) is 59.3 Å². The summed E-state index contributed by atoms with van der Waals surface area (Å²) in [5.74, 6) is 0. The normalized spacial score (nSPS) is 12.5. The van der Waals surface area contributed by atoms with Crippen molar-refractivity contribution in [1.29, 1.82) is 0 Å². The fraction of sp³-hybridized carbons (Fsp3) is 0.235. The number of hydrogen-bond acceptors (Lipinski definition) is 1. The SMILES string of the molecule is C[N+](C)(C)C/C=C(/c1ccc(Br)cc1)c1cccnc1. The largest absolute Gasteiger partial charge is 0.328 e. The number of hydrogen-bond donors (Lipinski definition) is 0. The van der Waals surface area contributed by atoms with Gasteiger partial charge in [0.2, 0.25) is 0 Å². The van der Waals surface area contributed by atoms with Crippen molar-refractivity contribution >= 4 is 21.5 Å². The lowest BCUT2D eigenvalue weighted by molar-refractivity contribution is -0.864. The summed E-state index contributed by atoms with van der Waals surface area (Å²) in [6.07, 6.45) is 6.02. The molecule has 20 heavy (non-hydrogen) atoms. The van der Waals surface area contributed by atoms with Crippen LogP contribution in [0.3, 0.4) is 0 Å². The molecule has 0 radical (unpaired) electrons. The third kappa shape index (κ3) is 4.29. The lowest BCUT2D eigenvalue weighted by atomic mass is 9.99. The monoisotopic (exact) mass is 331 g/mol. The zero-order valence-corrected chi connectivity index (χ0v) is 13.8. The molecule has 1 heterocycles. The Bertz CT molecular complexity index is 581. The van der Waals surface area contributed by atoms with E-state index < -0.39 is 0 Å². The van der Waals surface area contributed by atoms with Gasteiger partial charge in [-0.2, -0.15) is 0 Å². The van der Waals surface area contributed by atoms with E-state index in [4.69, 9.17) is 0 Å². The molecule has 104 valence electrons. The summed E-state index contributed by atoms with van der Waals surface area (Å²) in [6, 6.07) is 12.5. The molecule has 0 amide bonds. The van der Waals surface area contributed by atoms with E-state index in [1.165, 1.54) is 11.1 Å². The maximum atomic E-state index is 4.24. The Morgan fingerprint density at radius 3 is 2.35 bits per heavy atom. The summed E-state index contributed by atoms with van der Waals surface area (Å²) < 4.78 is 2.00. The fourth-order valence-electron chi connectivity index (χ4n) is 1.92. The van der Waals surface area contributed by atoms with Crippen LogP contribution in [0.25, 0.3) is 5.57 Å². The molecule has 2 aromatic rings. The molecule has 0 saturated carbocycles. The van der Waals surface area contributed by atoms with Gasteiger partial charge in [-0.3, -0.25) is 4.98 Å². The Hall–Kier alpha value is -1.45. The minimum absolute atomic E-state index is 0.903. The predicted molar refractivity (Wildman–Crippen MR) is 88.4 cm³/mol. The van der Waals surface area contributed by atoms with E-state index in [-0.39, 0.29) is 0 Å². The molecule has 2 rings (SSSR count). The zero-order valence-electron chi connectivity index (χ0n) is 12.2. The van der Waals surface area contributed by atoms with Crippen molar-refractivity contribution in [1.82, 2.24) is 4.98 Å². The van der Waals surface area contributed by atoms with Crippen LogP contribution in [-0.2, 0) is 0 Å². The van der Waals surface area contributed by atoms with E-state index in [9.17, 15) is 0 Å². The van der Waals surface area contributed by atoms with Crippen molar-refractivity contribution in [3.8, 4) is 0 Å². The van der Waals surface area contributed by atoms with Crippen molar-refractivity contribution in [2.75, 3.05) is 27.7 Å². The number of benzene rings is 1. The van der Waals surface area contributed by atoms with Crippen molar-refractivity contribution in [2.24, 2.45) is 0 Å². The van der Waals surface area contributed by atoms with Crippen molar-refractivity contribution in [3.63, 3.8) is 0 Å². The highest BCUT2D eigenvalue weighted by atomic mass is 79.9. The van der Waals surface area contributed by atoms with Gasteiger partial charge in [-0.15, -0.1) is 0 Å². The summed E-state index contributed by atoms with van der Waals surface area (Å²) in [6.45, 7) is 0.973. The van der Waals surface area contributed by atoms with Crippen LogP contribution in [0.2, 0.25) is 0 Å². The maximum absolute atomic E-state index is 4.24. The van der Waals surface area contributed by atoms with Crippen molar-refractivity contribution in [3.05, 3.63) is 70.5 Å². The topological polar surface area (TPSA) is 12.9 Å². The number of halogens is 1. The first-order chi connectivity index (χ1) is 9.46. The van der Waals surface area contributed by atoms with Gasteiger partial charge >= 0.3 is 0 Å². The molecule has 0 aliphatic rings. The Kier molecular flexibility index (Phi) is 4.73. The third-order valence-corrected chi connectivity index (χ3v) is 3.50. The highest BCUT2D eigenvalue weighted by molar-refractivity contribution is 9.10. The van der Waals surface area contributed by atoms with Crippen LogP contribution in [0.4, 0.5) is 0 Å². The second-order valence-electron chi connectivity index (χ2n) is 5.84. The van der Waals surface area contributed by atoms with E-state index in [2.05, 4.69) is 78.5 Å². The first-order valence-electron chi connectivity index (χ1n) is 6.63. The number of likely N-dealkylation sites (N-methyl/N-ethyl adjacent to an activating group) is 1. The van der Waals surface area contributed by atoms with E-state index in [0.29, 0.717) is 0 Å². The Morgan fingerprint density at radius 2 is 1.80 bits per heavy atom. The first-order valence-corrected chi connectivity index (χ1v) is 7.42. The van der Waals surface area contributed by atoms with Crippen LogP contribution in [-0.4, -0.2) is 37.2 Å². The summed E-state index contributed by atoms with van der Waals surface area (Å²) in [5.41, 5.74) is 3.61. The highest BCUT2D eigenvalue weighted by Gasteiger charge is 2.09. The van der Waals surface area contributed by atoms with Crippen LogP contribution >= 0.6 is 15.9 Å². The predicted octanol–water partition coefficient (Wildman–Crippen LogP) is 3.98. The van der Waals surface area contributed by atoms with Gasteiger partial charge in [-0.25, -0.2) is 0 Å². The molecule has 0 N–H and O–H groups in total. The second kappa shape index (κ2) is 6.33. The number of pyridine rings is 1. The van der Waals surface area contributed by atoms with Crippen molar-refractivity contribution < 1.29 is 4.48 Å². The minimum atomic E-state index is 0.903. The smallest absolute Gasteiger partial charge is 0.0976 e. The van der Waals surface area contributed by atoms with Gasteiger partial charge in [0.05, 0.1) is 27.7 Å². The molecule has 0 fully saturated rings. The van der Waals surface area contributed by atoms with Gasteiger partial charge in [-0.1, -0.05) is 34.1 Å². The van der Waals surface area contributed by atoms with Crippen molar-refractivity contribution in [2.45, 2.75) is 0 Å². The lowest BCUT2D eigenvalue weighted by Crippen LogP contribution is -2.34. The van der Waals surface area contributed by atoms with Gasteiger partial charge in [0.1, 0.15) is 0 Å². The molecular weight excluding hydrogens is 312 g/mol. The Labute approximate surface area is 129 Å². The standard InChI is InChI=1S/C17H20BrN2/c1-20(2,3)12-10-17(15-5-4-11-19-13-15)14-6-8-16(18)9-7-14/h4-11,13H,12H2,1-3H3/q+1/b17-10-. The average molecular weight is 332 g/mol. The fourth-order valence-corrected chi connectivity index (χ4v) is 2.18. The second-order valence-corrected chi connectivity index (χ2v) is 6.75. The number of quaternary nitrogens is 1. The molecule has 3 heteroatoms. The quantitative estimate of drug-likeness (QED) is 0.772. The molecule has 2 nitrogen and oxygen atoms in total. The number of rotatable bonds is 4. The third-order valence-electron chi connectivity index (χ3n) is 2.97. The molecule has 0 unspecified atom stereocenters. The van der Waals surface area contributed by atoms with E-state index in [0.717, 1.165) is 21.1 Å². The molecule has 0 bridgehead atoms. The average Bonchev–Trinajstić information content (AvgIpc) is 2.41. The van der Waals surface area contributed by atoms with Crippen LogP contribution in [0.1, 0.15) is 11.1 Å². The molecule has 0 aliphatic heterocycles. The summed E-state index contributed by atoms with van der Waals surface area (Å²) in [7, 11) is 6.58. The molecular formula is C17H20BrN2+. The van der Waals surface area contributed by atoms with E-state index in [1.54, 1.807) is 0 Å². The molecule has 0 atom stereocenters. The number of aromatic nitrogens is 1. The van der Waals surface area contributed by atoms with Gasteiger partial charge in [-0.05, 0) is 35.4 Å². The van der Waals surface area contributed by atoms with E-state index in [1.807, 2.05) is 18.5 Å². The summed E-state index contributed by atoms with van der Waals surface area (Å²) >= 11 is 3.49. The lowest BCUT2D eigenvalue weighted by Gasteiger charge is -2.22. The molecule has 1 aromatic heterocycles. The Morgan fingerprint density at radius 1 is 1.10 bits per heavy atom. The summed E-state index contributed by atoms with van der Waals surface area (Å²) in [5, 5.41) is 0. The first kappa shape index (κ1) is 14.9. The van der Waals surface area contributed by atoms with Crippen LogP contribution < -0.4 is 0 Å². The summed E-state index contributed by atoms with van der Waals surface area (Å²) in [4.78, 5) is 4.24. The molecule has 1 aromatic carbocycles. The molecule has 0 saturated heterocycles. The molecule has 0 aliphatic carbocycles. The van der Waals surface area contributed by atoms with Gasteiger partial charge in [0, 0.05) is 22.4 Å². The van der Waals surface area contributed by atoms with Gasteiger partial charge < -0.3 is 4.48 Å².